The molecule has 1 amide bonds. The fourth-order valence-corrected chi connectivity index (χ4v) is 8.55. The van der Waals surface area contributed by atoms with Crippen molar-refractivity contribution in [1.82, 2.24) is 25.0 Å². The van der Waals surface area contributed by atoms with Gasteiger partial charge in [0.1, 0.15) is 16.3 Å². The van der Waals surface area contributed by atoms with Crippen molar-refractivity contribution in [3.8, 4) is 5.75 Å². The maximum absolute atomic E-state index is 15.0. The molecule has 3 heterocycles. The zero-order valence-electron chi connectivity index (χ0n) is 27.2. The van der Waals surface area contributed by atoms with Crippen LogP contribution in [0.5, 0.6) is 5.75 Å². The van der Waals surface area contributed by atoms with Crippen LogP contribution in [0.25, 0.3) is 0 Å². The molecule has 0 aliphatic carbocycles. The van der Waals surface area contributed by atoms with Gasteiger partial charge in [0.15, 0.2) is 11.4 Å². The molecule has 4 aromatic rings. The van der Waals surface area contributed by atoms with Crippen LogP contribution in [-0.2, 0) is 26.7 Å². The number of nitrogens with zero attached hydrogens (tertiary/aromatic N) is 3. The number of rotatable bonds is 8. The molecule has 1 aromatic heterocycles. The van der Waals surface area contributed by atoms with E-state index in [4.69, 9.17) is 32.5 Å². The number of halogens is 5. The minimum absolute atomic E-state index is 0.00558. The standard InChI is InChI=1S/C34H34Cl2F3N5O5S/c1-4-48-28-19-24(34(37,38)39)9-14-27(28)33(32(45)43-15-17-44(18-16-43)50(46,47)31-20(2)42-49-21(31)3)40-29(22-5-10-25(35)11-6-22)30(41-33)23-7-12-26(36)13-8-23/h5-14,19,29-30,40-41H,4,15-18H2,1-3H3. The van der Waals surface area contributed by atoms with Crippen LogP contribution in [0.15, 0.2) is 76.1 Å². The highest BCUT2D eigenvalue weighted by Gasteiger charge is 2.55. The van der Waals surface area contributed by atoms with E-state index in [1.165, 1.54) is 22.2 Å². The van der Waals surface area contributed by atoms with E-state index in [0.717, 1.165) is 23.3 Å². The van der Waals surface area contributed by atoms with Crippen LogP contribution in [0.2, 0.25) is 10.0 Å². The van der Waals surface area contributed by atoms with Gasteiger partial charge < -0.3 is 14.2 Å². The molecule has 2 unspecified atom stereocenters. The third-order valence-electron chi connectivity index (χ3n) is 8.96. The van der Waals surface area contributed by atoms with Gasteiger partial charge >= 0.3 is 6.18 Å². The van der Waals surface area contributed by atoms with Crippen molar-refractivity contribution in [3.63, 3.8) is 0 Å². The summed E-state index contributed by atoms with van der Waals surface area (Å²) in [6, 6.07) is 15.9. The molecule has 16 heteroatoms. The summed E-state index contributed by atoms with van der Waals surface area (Å²) >= 11 is 12.4. The van der Waals surface area contributed by atoms with Gasteiger partial charge in [-0.2, -0.15) is 17.5 Å². The highest BCUT2D eigenvalue weighted by atomic mass is 35.5. The third-order valence-corrected chi connectivity index (χ3v) is 11.6. The van der Waals surface area contributed by atoms with Crippen molar-refractivity contribution in [2.75, 3.05) is 32.8 Å². The predicted molar refractivity (Wildman–Crippen MR) is 180 cm³/mol. The van der Waals surface area contributed by atoms with Crippen molar-refractivity contribution in [3.05, 3.63) is 110 Å². The molecule has 2 aliphatic rings. The van der Waals surface area contributed by atoms with Gasteiger partial charge in [-0.05, 0) is 68.3 Å². The maximum atomic E-state index is 15.0. The molecule has 6 rings (SSSR count). The van der Waals surface area contributed by atoms with E-state index in [-0.39, 0.29) is 60.4 Å². The highest BCUT2D eigenvalue weighted by Crippen LogP contribution is 2.46. The average molecular weight is 753 g/mol. The topological polar surface area (TPSA) is 117 Å². The summed E-state index contributed by atoms with van der Waals surface area (Å²) < 4.78 is 81.1. The largest absolute Gasteiger partial charge is 0.493 e. The van der Waals surface area contributed by atoms with E-state index in [2.05, 4.69) is 15.8 Å². The van der Waals surface area contributed by atoms with E-state index >= 15 is 4.79 Å². The van der Waals surface area contributed by atoms with Crippen molar-refractivity contribution in [2.24, 2.45) is 0 Å². The van der Waals surface area contributed by atoms with Crippen molar-refractivity contribution in [2.45, 2.75) is 49.6 Å². The predicted octanol–water partition coefficient (Wildman–Crippen LogP) is 6.38. The number of benzene rings is 3. The Hall–Kier alpha value is -3.66. The number of amides is 1. The molecule has 2 fully saturated rings. The first-order chi connectivity index (χ1) is 23.7. The van der Waals surface area contributed by atoms with Crippen LogP contribution >= 0.6 is 23.2 Å². The molecule has 2 atom stereocenters. The Labute approximate surface area is 297 Å². The fraction of sp³-hybridized carbons (Fsp3) is 0.353. The number of sulfonamides is 1. The lowest BCUT2D eigenvalue weighted by atomic mass is 9.94. The van der Waals surface area contributed by atoms with Gasteiger partial charge in [-0.3, -0.25) is 15.4 Å². The Bertz CT molecular complexity index is 1910. The Balaban J connectivity index is 1.44. The number of piperazine rings is 1. The van der Waals surface area contributed by atoms with Crippen molar-refractivity contribution in [1.29, 1.82) is 0 Å². The molecule has 2 saturated heterocycles. The molecule has 0 radical (unpaired) electrons. The van der Waals surface area contributed by atoms with Crippen LogP contribution in [-0.4, -0.2) is 61.5 Å². The van der Waals surface area contributed by atoms with Gasteiger partial charge in [0.2, 0.25) is 10.0 Å². The normalized spacial score (nSPS) is 21.8. The number of carbonyl (C=O) groups excluding carboxylic acids is 1. The second-order valence-corrected chi connectivity index (χ2v) is 14.8. The maximum Gasteiger partial charge on any atom is 0.416 e. The molecule has 3 aromatic carbocycles. The summed E-state index contributed by atoms with van der Waals surface area (Å²) in [6.45, 7) is 4.63. The zero-order valence-corrected chi connectivity index (χ0v) is 29.6. The van der Waals surface area contributed by atoms with Gasteiger partial charge in [0, 0.05) is 41.8 Å². The van der Waals surface area contributed by atoms with Gasteiger partial charge in [-0.25, -0.2) is 8.42 Å². The Kier molecular flexibility index (Phi) is 9.98. The van der Waals surface area contributed by atoms with E-state index in [1.807, 2.05) is 0 Å². The summed E-state index contributed by atoms with van der Waals surface area (Å²) in [4.78, 5) is 16.5. The summed E-state index contributed by atoms with van der Waals surface area (Å²) in [5, 5.41) is 11.7. The Morgan fingerprint density at radius 2 is 1.48 bits per heavy atom. The van der Waals surface area contributed by atoms with Crippen LogP contribution in [0.1, 0.15) is 52.7 Å². The SMILES string of the molecule is CCOc1cc(C(F)(F)F)ccc1C1(C(=O)N2CCN(S(=O)(=O)c3c(C)noc3C)CC2)NC(c2ccc(Cl)cc2)C(c2ccc(Cl)cc2)N1. The highest BCUT2D eigenvalue weighted by molar-refractivity contribution is 7.89. The second kappa shape index (κ2) is 13.8. The first kappa shape index (κ1) is 36.1. The van der Waals surface area contributed by atoms with E-state index in [0.29, 0.717) is 10.0 Å². The smallest absolute Gasteiger partial charge is 0.416 e. The molecule has 266 valence electrons. The Morgan fingerprint density at radius 3 is 1.94 bits per heavy atom. The van der Waals surface area contributed by atoms with Crippen molar-refractivity contribution < 1.29 is 35.6 Å². The van der Waals surface area contributed by atoms with E-state index < -0.39 is 45.4 Å². The van der Waals surface area contributed by atoms with E-state index in [9.17, 15) is 21.6 Å². The van der Waals surface area contributed by atoms with Crippen LogP contribution < -0.4 is 15.4 Å². The molecule has 10 nitrogen and oxygen atoms in total. The van der Waals surface area contributed by atoms with Crippen LogP contribution in [0.4, 0.5) is 13.2 Å². The molecular formula is C34H34Cl2F3N5O5S. The molecule has 2 N–H and O–H groups in total. The zero-order chi connectivity index (χ0) is 36.0. The minimum Gasteiger partial charge on any atom is -0.493 e. The van der Waals surface area contributed by atoms with Gasteiger partial charge in [-0.1, -0.05) is 58.7 Å². The monoisotopic (exact) mass is 751 g/mol. The quantitative estimate of drug-likeness (QED) is 0.213. The molecule has 0 spiro atoms. The number of hydrogen-bond acceptors (Lipinski definition) is 8. The first-order valence-electron chi connectivity index (χ1n) is 15.8. The van der Waals surface area contributed by atoms with Crippen LogP contribution in [0.3, 0.4) is 0 Å². The average Bonchev–Trinajstić information content (AvgIpc) is 3.65. The first-order valence-corrected chi connectivity index (χ1v) is 18.0. The molecule has 0 bridgehead atoms. The third kappa shape index (κ3) is 6.72. The lowest BCUT2D eigenvalue weighted by molar-refractivity contribution is -0.141. The summed E-state index contributed by atoms with van der Waals surface area (Å²) in [5.41, 5.74) is -0.906. The number of hydrogen-bond donors (Lipinski definition) is 2. The minimum atomic E-state index is -4.67. The number of nitrogens with one attached hydrogen (secondary N) is 2. The number of carbonyl (C=O) groups is 1. The van der Waals surface area contributed by atoms with Crippen LogP contribution in [0, 0.1) is 13.8 Å². The molecule has 50 heavy (non-hydrogen) atoms. The lowest BCUT2D eigenvalue weighted by Gasteiger charge is -2.40. The number of aryl methyl sites for hydroxylation is 2. The number of ether oxygens (including phenoxy) is 1. The molecule has 0 saturated carbocycles. The second-order valence-electron chi connectivity index (χ2n) is 12.1. The fourth-order valence-electron chi connectivity index (χ4n) is 6.58. The molecule has 2 aliphatic heterocycles. The number of aromatic nitrogens is 1. The van der Waals surface area contributed by atoms with E-state index in [1.54, 1.807) is 62.4 Å². The molecular weight excluding hydrogens is 718 g/mol. The summed E-state index contributed by atoms with van der Waals surface area (Å²) in [6.07, 6.45) is -4.67. The summed E-state index contributed by atoms with van der Waals surface area (Å²) in [7, 11) is -3.99. The lowest BCUT2D eigenvalue weighted by Crippen LogP contribution is -2.62. The van der Waals surface area contributed by atoms with Gasteiger partial charge in [0.25, 0.3) is 5.91 Å². The van der Waals surface area contributed by atoms with Gasteiger partial charge in [-0.15, -0.1) is 0 Å². The van der Waals surface area contributed by atoms with Gasteiger partial charge in [0.05, 0.1) is 24.3 Å². The Morgan fingerprint density at radius 1 is 0.940 bits per heavy atom. The van der Waals surface area contributed by atoms with Crippen molar-refractivity contribution >= 4 is 39.1 Å². The summed E-state index contributed by atoms with van der Waals surface area (Å²) in [5.74, 6) is -0.503. The number of alkyl halides is 3.